The SMILES string of the molecule is CO.CO.Cc1ccc(-c2[c-]cccc2)nc1.Cc1ccc(-c2[c-]cccc2)nc1.Cc1ccc(-c2[c-]cccc2)nc1.Cc1ccc(-c2[c-]cccc2)nc1.Cc1cnc(-c2[c-]ccc3c2oc2ccccc23)cc1C.Cc1cnc(-c2cccc3c2oc2ccccc23)cc1C.[Ir+3].[Ir+3]. The molecule has 0 saturated carbocycles. The van der Waals surface area contributed by atoms with E-state index >= 15 is 0 Å². The molecule has 0 aliphatic rings. The summed E-state index contributed by atoms with van der Waals surface area (Å²) in [6.07, 6.45) is 11.3. The van der Waals surface area contributed by atoms with Crippen LogP contribution in [0.15, 0.2) is 283 Å². The molecule has 100 heavy (non-hydrogen) atoms. The monoisotopic (exact) mass is 1670 g/mol. The van der Waals surface area contributed by atoms with Crippen molar-refractivity contribution in [3.05, 3.63) is 349 Å². The molecule has 0 amide bonds. The molecule has 8 heterocycles. The van der Waals surface area contributed by atoms with Crippen LogP contribution in [-0.4, -0.2) is 54.3 Å². The van der Waals surface area contributed by atoms with Gasteiger partial charge in [0.05, 0.1) is 11.3 Å². The van der Waals surface area contributed by atoms with Crippen LogP contribution in [-0.2, 0) is 40.2 Å². The predicted molar refractivity (Wildman–Crippen MR) is 401 cm³/mol. The molecule has 16 rings (SSSR count). The molecular weight excluding hydrogens is 1590 g/mol. The van der Waals surface area contributed by atoms with Crippen LogP contribution >= 0.6 is 0 Å². The Balaban J connectivity index is 0.000000168. The molecule has 0 saturated heterocycles. The number of benzene rings is 8. The number of rotatable bonds is 6. The van der Waals surface area contributed by atoms with E-state index in [9.17, 15) is 0 Å². The molecule has 0 unspecified atom stereocenters. The van der Waals surface area contributed by atoms with Crippen molar-refractivity contribution in [1.29, 1.82) is 0 Å². The summed E-state index contributed by atoms with van der Waals surface area (Å²) in [4.78, 5) is 26.4. The molecule has 12 heteroatoms. The standard InChI is InChI=1S/C19H15NO.C19H14NO.4C12H10N.2CH4O.2Ir/c2*1-12-10-17(20-11-13(12)2)16-8-5-7-15-14-6-3-4-9-18(14)21-19(15)16;4*1-10-7-8-12(13-9-10)11-5-3-2-4-6-11;2*1-2;;/h3-11H,1-2H3;3-7,9-11H,1-2H3;4*2-5,7-9H,1H3;2*2H,1H3;;/q;5*-1;;;2*+3. The molecule has 10 nitrogen and oxygen atoms in total. The first-order chi connectivity index (χ1) is 47.9. The molecule has 0 aliphatic heterocycles. The van der Waals surface area contributed by atoms with E-state index in [-0.39, 0.29) is 40.2 Å². The molecule has 8 aromatic heterocycles. The maximum Gasteiger partial charge on any atom is 3.00 e. The molecule has 0 bridgehead atoms. The van der Waals surface area contributed by atoms with Gasteiger partial charge in [0.2, 0.25) is 0 Å². The summed E-state index contributed by atoms with van der Waals surface area (Å²) in [5.74, 6) is 0. The van der Waals surface area contributed by atoms with Crippen LogP contribution < -0.4 is 0 Å². The number of aryl methyl sites for hydroxylation is 8. The number of hydrogen-bond donors (Lipinski definition) is 2. The van der Waals surface area contributed by atoms with Gasteiger partial charge in [0.1, 0.15) is 16.7 Å². The maximum atomic E-state index is 7.00. The number of fused-ring (bicyclic) bond motifs is 6. The van der Waals surface area contributed by atoms with E-state index in [4.69, 9.17) is 19.0 Å². The van der Waals surface area contributed by atoms with Gasteiger partial charge in [-0.1, -0.05) is 120 Å². The third-order valence-electron chi connectivity index (χ3n) is 15.6. The largest absolute Gasteiger partial charge is 3.00 e. The molecule has 0 spiro atoms. The van der Waals surface area contributed by atoms with Crippen LogP contribution in [0, 0.1) is 85.7 Å². The van der Waals surface area contributed by atoms with Gasteiger partial charge >= 0.3 is 40.2 Å². The van der Waals surface area contributed by atoms with E-state index in [2.05, 4.69) is 155 Å². The first kappa shape index (κ1) is 76.8. The number of para-hydroxylation sites is 3. The fraction of sp³-hybridized carbons (Fsp3) is 0.114. The topological polar surface area (TPSA) is 144 Å². The Morgan fingerprint density at radius 3 is 0.960 bits per heavy atom. The Labute approximate surface area is 614 Å². The molecule has 500 valence electrons. The zero-order chi connectivity index (χ0) is 69.2. The molecule has 2 N–H and O–H groups in total. The second-order valence-electron chi connectivity index (χ2n) is 22.8. The molecule has 0 fully saturated rings. The second-order valence-corrected chi connectivity index (χ2v) is 22.8. The third-order valence-corrected chi connectivity index (χ3v) is 15.6. The summed E-state index contributed by atoms with van der Waals surface area (Å²) in [7, 11) is 2.00. The average Bonchev–Trinajstić information content (AvgIpc) is 1.61. The third kappa shape index (κ3) is 20.8. The molecule has 0 radical (unpaired) electrons. The van der Waals surface area contributed by atoms with E-state index in [1.807, 2.05) is 235 Å². The number of nitrogens with zero attached hydrogens (tertiary/aromatic N) is 6. The Hall–Kier alpha value is -10.5. The smallest absolute Gasteiger partial charge is 0.501 e. The van der Waals surface area contributed by atoms with E-state index in [0.29, 0.717) is 0 Å². The van der Waals surface area contributed by atoms with Gasteiger partial charge in [-0.05, 0) is 147 Å². The van der Waals surface area contributed by atoms with Crippen molar-refractivity contribution >= 4 is 43.9 Å². The Morgan fingerprint density at radius 1 is 0.270 bits per heavy atom. The molecule has 8 aromatic carbocycles. The van der Waals surface area contributed by atoms with Crippen molar-refractivity contribution in [3.63, 3.8) is 0 Å². The van der Waals surface area contributed by atoms with Crippen molar-refractivity contribution in [3.8, 4) is 67.5 Å². The molecular formula is C88H77Ir2N6O4+. The maximum absolute atomic E-state index is 7.00. The number of aliphatic hydroxyl groups excluding tert-OH is 2. The van der Waals surface area contributed by atoms with Gasteiger partial charge in [0.15, 0.2) is 0 Å². The average molecular weight is 1670 g/mol. The van der Waals surface area contributed by atoms with Gasteiger partial charge in [-0.25, -0.2) is 0 Å². The van der Waals surface area contributed by atoms with Crippen LogP contribution in [0.4, 0.5) is 0 Å². The van der Waals surface area contributed by atoms with E-state index in [1.54, 1.807) is 0 Å². The zero-order valence-electron chi connectivity index (χ0n) is 57.5. The van der Waals surface area contributed by atoms with Crippen molar-refractivity contribution < 1.29 is 59.3 Å². The zero-order valence-corrected chi connectivity index (χ0v) is 62.3. The van der Waals surface area contributed by atoms with Crippen LogP contribution in [0.3, 0.4) is 0 Å². The van der Waals surface area contributed by atoms with Crippen molar-refractivity contribution in [1.82, 2.24) is 29.9 Å². The number of pyridine rings is 6. The van der Waals surface area contributed by atoms with Gasteiger partial charge in [0, 0.05) is 73.1 Å². The minimum Gasteiger partial charge on any atom is -0.501 e. The predicted octanol–water partition coefficient (Wildman–Crippen LogP) is 21.0. The summed E-state index contributed by atoms with van der Waals surface area (Å²) in [5, 5.41) is 18.5. The minimum absolute atomic E-state index is 0. The van der Waals surface area contributed by atoms with Gasteiger partial charge in [0.25, 0.3) is 0 Å². The Kier molecular flexibility index (Phi) is 30.1. The number of aliphatic hydroxyl groups is 2. The number of furan rings is 2. The first-order valence-electron chi connectivity index (χ1n) is 32.0. The summed E-state index contributed by atoms with van der Waals surface area (Å²) in [6, 6.07) is 94.3. The van der Waals surface area contributed by atoms with Gasteiger partial charge in [-0.3, -0.25) is 4.98 Å². The summed E-state index contributed by atoms with van der Waals surface area (Å²) >= 11 is 0. The van der Waals surface area contributed by atoms with Gasteiger partial charge in [-0.15, -0.1) is 162 Å². The van der Waals surface area contributed by atoms with Crippen LogP contribution in [0.2, 0.25) is 0 Å². The second kappa shape index (κ2) is 39.2. The fourth-order valence-electron chi connectivity index (χ4n) is 10.1. The molecule has 16 aromatic rings. The Bertz CT molecular complexity index is 4590. The van der Waals surface area contributed by atoms with Gasteiger partial charge in [-0.2, -0.15) is 0 Å². The summed E-state index contributed by atoms with van der Waals surface area (Å²) < 4.78 is 12.1. The van der Waals surface area contributed by atoms with Crippen LogP contribution in [0.25, 0.3) is 111 Å². The van der Waals surface area contributed by atoms with E-state index < -0.39 is 0 Å². The fourth-order valence-corrected chi connectivity index (χ4v) is 10.1. The van der Waals surface area contributed by atoms with Crippen molar-refractivity contribution in [2.75, 3.05) is 14.2 Å². The van der Waals surface area contributed by atoms with Crippen LogP contribution in [0.5, 0.6) is 0 Å². The van der Waals surface area contributed by atoms with Gasteiger partial charge < -0.3 is 44.0 Å². The van der Waals surface area contributed by atoms with E-state index in [0.717, 1.165) is 126 Å². The minimum atomic E-state index is 0. The van der Waals surface area contributed by atoms with E-state index in [1.165, 1.54) is 44.5 Å². The molecule has 0 aliphatic carbocycles. The number of hydrogen-bond acceptors (Lipinski definition) is 10. The Morgan fingerprint density at radius 2 is 0.600 bits per heavy atom. The number of aromatic nitrogens is 6. The quantitative estimate of drug-likeness (QED) is 0.154. The summed E-state index contributed by atoms with van der Waals surface area (Å²) in [6.45, 7) is 16.5. The summed E-state index contributed by atoms with van der Waals surface area (Å²) in [5.41, 5.74) is 25.1. The normalized spacial score (nSPS) is 10.0. The molecule has 0 atom stereocenters. The van der Waals surface area contributed by atoms with Crippen molar-refractivity contribution in [2.24, 2.45) is 0 Å². The first-order valence-corrected chi connectivity index (χ1v) is 32.0. The van der Waals surface area contributed by atoms with Crippen molar-refractivity contribution in [2.45, 2.75) is 55.4 Å². The van der Waals surface area contributed by atoms with Crippen LogP contribution in [0.1, 0.15) is 44.5 Å².